The van der Waals surface area contributed by atoms with Crippen LogP contribution in [0, 0.1) is 0 Å². The zero-order valence-electron chi connectivity index (χ0n) is 13.9. The highest BCUT2D eigenvalue weighted by atomic mass is 16.5. The Morgan fingerprint density at radius 1 is 1.29 bits per heavy atom. The summed E-state index contributed by atoms with van der Waals surface area (Å²) in [6.07, 6.45) is 4.66. The molecule has 0 aliphatic heterocycles. The summed E-state index contributed by atoms with van der Waals surface area (Å²) in [6, 6.07) is 3.69. The van der Waals surface area contributed by atoms with Gasteiger partial charge in [0.15, 0.2) is 11.5 Å². The lowest BCUT2D eigenvalue weighted by Gasteiger charge is -2.10. The monoisotopic (exact) mass is 331 g/mol. The summed E-state index contributed by atoms with van der Waals surface area (Å²) in [4.78, 5) is 28.6. The number of benzene rings is 1. The maximum Gasteiger partial charge on any atom is 0.261 e. The average molecular weight is 331 g/mol. The van der Waals surface area contributed by atoms with Gasteiger partial charge in [0.05, 0.1) is 31.4 Å². The van der Waals surface area contributed by atoms with Crippen molar-refractivity contribution >= 4 is 16.8 Å². The van der Waals surface area contributed by atoms with E-state index in [9.17, 15) is 9.59 Å². The molecule has 7 nitrogen and oxygen atoms in total. The van der Waals surface area contributed by atoms with Crippen LogP contribution in [0.2, 0.25) is 0 Å². The van der Waals surface area contributed by atoms with Gasteiger partial charge in [-0.2, -0.15) is 0 Å². The van der Waals surface area contributed by atoms with Crippen molar-refractivity contribution in [2.45, 2.75) is 38.3 Å². The molecular weight excluding hydrogens is 310 g/mol. The number of hydrogen-bond donors (Lipinski definition) is 1. The van der Waals surface area contributed by atoms with Crippen LogP contribution in [0.4, 0.5) is 0 Å². The summed E-state index contributed by atoms with van der Waals surface area (Å²) < 4.78 is 12.0. The highest BCUT2D eigenvalue weighted by Gasteiger charge is 2.22. The number of nitrogens with zero attached hydrogens (tertiary/aromatic N) is 2. The molecule has 0 saturated heterocycles. The van der Waals surface area contributed by atoms with Gasteiger partial charge in [-0.1, -0.05) is 0 Å². The van der Waals surface area contributed by atoms with Crippen LogP contribution in [-0.2, 0) is 11.3 Å². The van der Waals surface area contributed by atoms with Gasteiger partial charge in [0, 0.05) is 25.1 Å². The second kappa shape index (κ2) is 6.90. The number of fused-ring (bicyclic) bond motifs is 1. The van der Waals surface area contributed by atoms with E-state index in [2.05, 4.69) is 10.3 Å². The van der Waals surface area contributed by atoms with Crippen LogP contribution in [0.15, 0.2) is 23.3 Å². The van der Waals surface area contributed by atoms with Crippen molar-refractivity contribution in [2.24, 2.45) is 0 Å². The van der Waals surface area contributed by atoms with Gasteiger partial charge in [-0.05, 0) is 25.3 Å². The third-order valence-electron chi connectivity index (χ3n) is 4.07. The number of methoxy groups -OCH3 is 2. The minimum absolute atomic E-state index is 0.0469. The zero-order chi connectivity index (χ0) is 17.1. The first kappa shape index (κ1) is 16.3. The lowest BCUT2D eigenvalue weighted by Crippen LogP contribution is -2.26. The van der Waals surface area contributed by atoms with Gasteiger partial charge >= 0.3 is 0 Å². The van der Waals surface area contributed by atoms with E-state index in [-0.39, 0.29) is 11.5 Å². The van der Waals surface area contributed by atoms with Gasteiger partial charge in [-0.15, -0.1) is 0 Å². The van der Waals surface area contributed by atoms with Crippen LogP contribution < -0.4 is 20.3 Å². The summed E-state index contributed by atoms with van der Waals surface area (Å²) in [5.74, 6) is 1.07. The summed E-state index contributed by atoms with van der Waals surface area (Å²) in [5.41, 5.74) is 0.406. The molecule has 1 heterocycles. The highest BCUT2D eigenvalue weighted by molar-refractivity contribution is 5.81. The normalized spacial score (nSPS) is 13.8. The molecule has 1 aromatic carbocycles. The summed E-state index contributed by atoms with van der Waals surface area (Å²) >= 11 is 0. The third-order valence-corrected chi connectivity index (χ3v) is 4.07. The molecule has 2 aromatic rings. The molecular formula is C17H21N3O4. The van der Waals surface area contributed by atoms with Crippen molar-refractivity contribution in [2.75, 3.05) is 14.2 Å². The molecule has 0 spiro atoms. The lowest BCUT2D eigenvalue weighted by atomic mass is 10.2. The number of rotatable bonds is 7. The van der Waals surface area contributed by atoms with E-state index in [0.717, 1.165) is 12.8 Å². The fraction of sp³-hybridized carbons (Fsp3) is 0.471. The number of aromatic nitrogens is 2. The van der Waals surface area contributed by atoms with E-state index in [1.54, 1.807) is 12.1 Å². The average Bonchev–Trinajstić information content (AvgIpc) is 3.39. The fourth-order valence-corrected chi connectivity index (χ4v) is 2.58. The maximum absolute atomic E-state index is 12.6. The van der Waals surface area contributed by atoms with E-state index >= 15 is 0 Å². The van der Waals surface area contributed by atoms with Crippen molar-refractivity contribution in [3.63, 3.8) is 0 Å². The predicted molar refractivity (Wildman–Crippen MR) is 89.5 cm³/mol. The molecule has 1 amide bonds. The topological polar surface area (TPSA) is 82.5 Å². The van der Waals surface area contributed by atoms with E-state index in [4.69, 9.17) is 9.47 Å². The number of amides is 1. The SMILES string of the molecule is COc1cc2ncn(CCCC(=O)NC3CC3)c(=O)c2cc1OC. The Kier molecular flexibility index (Phi) is 4.69. The number of nitrogens with one attached hydrogen (secondary N) is 1. The van der Waals surface area contributed by atoms with Crippen LogP contribution in [0.25, 0.3) is 10.9 Å². The molecule has 0 atom stereocenters. The molecule has 1 saturated carbocycles. The number of ether oxygens (including phenoxy) is 2. The number of carbonyl (C=O) groups is 1. The Balaban J connectivity index is 1.75. The van der Waals surface area contributed by atoms with Gasteiger partial charge in [-0.3, -0.25) is 14.2 Å². The number of aryl methyl sites for hydroxylation is 1. The molecule has 1 aliphatic carbocycles. The first-order valence-electron chi connectivity index (χ1n) is 8.03. The van der Waals surface area contributed by atoms with Crippen LogP contribution in [-0.4, -0.2) is 35.7 Å². The minimum Gasteiger partial charge on any atom is -0.493 e. The Morgan fingerprint density at radius 3 is 2.67 bits per heavy atom. The van der Waals surface area contributed by atoms with Crippen molar-refractivity contribution in [1.29, 1.82) is 0 Å². The molecule has 128 valence electrons. The summed E-state index contributed by atoms with van der Waals surface area (Å²) in [5, 5.41) is 3.41. The van der Waals surface area contributed by atoms with Crippen molar-refractivity contribution < 1.29 is 14.3 Å². The predicted octanol–water partition coefficient (Wildman–Crippen LogP) is 1.47. The van der Waals surface area contributed by atoms with Crippen LogP contribution in [0.5, 0.6) is 11.5 Å². The lowest BCUT2D eigenvalue weighted by molar-refractivity contribution is -0.121. The second-order valence-corrected chi connectivity index (χ2v) is 5.91. The van der Waals surface area contributed by atoms with Crippen molar-refractivity contribution in [3.8, 4) is 11.5 Å². The van der Waals surface area contributed by atoms with Crippen LogP contribution >= 0.6 is 0 Å². The van der Waals surface area contributed by atoms with Crippen LogP contribution in [0.3, 0.4) is 0 Å². The Bertz CT molecular complexity index is 811. The molecule has 0 bridgehead atoms. The molecule has 1 aromatic heterocycles. The van der Waals surface area contributed by atoms with Gasteiger partial charge in [-0.25, -0.2) is 4.98 Å². The number of hydrogen-bond acceptors (Lipinski definition) is 5. The molecule has 7 heteroatoms. The molecule has 1 aliphatic rings. The molecule has 1 fully saturated rings. The Hall–Kier alpha value is -2.57. The Labute approximate surface area is 139 Å². The smallest absolute Gasteiger partial charge is 0.261 e. The van der Waals surface area contributed by atoms with Crippen LogP contribution in [0.1, 0.15) is 25.7 Å². The largest absolute Gasteiger partial charge is 0.493 e. The van der Waals surface area contributed by atoms with Gasteiger partial charge < -0.3 is 14.8 Å². The van der Waals surface area contributed by atoms with E-state index in [1.165, 1.54) is 25.1 Å². The first-order valence-corrected chi connectivity index (χ1v) is 8.03. The van der Waals surface area contributed by atoms with Gasteiger partial charge in [0.1, 0.15) is 0 Å². The van der Waals surface area contributed by atoms with E-state index in [1.807, 2.05) is 0 Å². The summed E-state index contributed by atoms with van der Waals surface area (Å²) in [6.45, 7) is 0.453. The molecule has 0 radical (unpaired) electrons. The summed E-state index contributed by atoms with van der Waals surface area (Å²) in [7, 11) is 3.06. The van der Waals surface area contributed by atoms with Crippen molar-refractivity contribution in [1.82, 2.24) is 14.9 Å². The molecule has 24 heavy (non-hydrogen) atoms. The van der Waals surface area contributed by atoms with Gasteiger partial charge in [0.25, 0.3) is 5.56 Å². The highest BCUT2D eigenvalue weighted by Crippen LogP contribution is 2.29. The number of carbonyl (C=O) groups excluding carboxylic acids is 1. The first-order chi connectivity index (χ1) is 11.6. The van der Waals surface area contributed by atoms with E-state index in [0.29, 0.717) is 47.8 Å². The van der Waals surface area contributed by atoms with E-state index < -0.39 is 0 Å². The maximum atomic E-state index is 12.6. The second-order valence-electron chi connectivity index (χ2n) is 5.91. The third kappa shape index (κ3) is 3.50. The Morgan fingerprint density at radius 2 is 2.00 bits per heavy atom. The van der Waals surface area contributed by atoms with Crippen molar-refractivity contribution in [3.05, 3.63) is 28.8 Å². The molecule has 0 unspecified atom stereocenters. The standard InChI is InChI=1S/C17H21N3O4/c1-23-14-8-12-13(9-15(14)24-2)18-10-20(17(12)22)7-3-4-16(21)19-11-5-6-11/h8-11H,3-7H2,1-2H3,(H,19,21). The zero-order valence-corrected chi connectivity index (χ0v) is 13.9. The minimum atomic E-state index is -0.149. The molecule has 1 N–H and O–H groups in total. The fourth-order valence-electron chi connectivity index (χ4n) is 2.58. The quantitative estimate of drug-likeness (QED) is 0.831. The van der Waals surface area contributed by atoms with Gasteiger partial charge in [0.2, 0.25) is 5.91 Å². The molecule has 3 rings (SSSR count).